The molecule has 122 valence electrons. The summed E-state index contributed by atoms with van der Waals surface area (Å²) in [6.45, 7) is 1.95. The van der Waals surface area contributed by atoms with Gasteiger partial charge in [0.25, 0.3) is 0 Å². The van der Waals surface area contributed by atoms with E-state index in [1.807, 2.05) is 24.4 Å². The summed E-state index contributed by atoms with van der Waals surface area (Å²) in [5, 5.41) is 2.91. The van der Waals surface area contributed by atoms with Gasteiger partial charge >= 0.3 is 0 Å². The number of rotatable bonds is 3. The largest absolute Gasteiger partial charge is 0.265 e. The minimum Gasteiger partial charge on any atom is -0.265 e. The molecule has 0 saturated heterocycles. The fourth-order valence-electron chi connectivity index (χ4n) is 2.54. The van der Waals surface area contributed by atoms with Crippen LogP contribution in [-0.4, -0.2) is 19.9 Å². The Hall–Kier alpha value is -2.99. The average Bonchev–Trinajstić information content (AvgIpc) is 3.09. The molecule has 0 saturated carbocycles. The molecule has 0 bridgehead atoms. The first-order valence-electron chi connectivity index (χ1n) is 7.66. The van der Waals surface area contributed by atoms with Crippen LogP contribution < -0.4 is 0 Å². The summed E-state index contributed by atoms with van der Waals surface area (Å²) in [7, 11) is 0. The summed E-state index contributed by atoms with van der Waals surface area (Å²) < 4.78 is 13.3. The van der Waals surface area contributed by atoms with E-state index in [0.717, 1.165) is 33.1 Å². The normalized spacial score (nSPS) is 10.8. The van der Waals surface area contributed by atoms with Crippen LogP contribution in [0.15, 0.2) is 60.4 Å². The predicted octanol–water partition coefficient (Wildman–Crippen LogP) is 4.78. The third-order valence-corrected chi connectivity index (χ3v) is 4.52. The molecule has 0 aliphatic heterocycles. The van der Waals surface area contributed by atoms with E-state index < -0.39 is 0 Å². The standard InChI is InChI=1S/C19H13FN4S/c1-12-23-17(11-25-12)19-22-10-16(13-2-4-15(20)5-3-13)18(24-19)14-6-8-21-9-7-14/h2-11H,1H3. The molecule has 0 aliphatic rings. The maximum absolute atomic E-state index is 13.3. The van der Waals surface area contributed by atoms with E-state index in [0.29, 0.717) is 5.82 Å². The quantitative estimate of drug-likeness (QED) is 0.535. The van der Waals surface area contributed by atoms with Crippen molar-refractivity contribution >= 4 is 11.3 Å². The molecule has 1 aromatic carbocycles. The Morgan fingerprint density at radius 3 is 2.36 bits per heavy atom. The SMILES string of the molecule is Cc1nc(-c2ncc(-c3ccc(F)cc3)c(-c3ccncc3)n2)cs1. The van der Waals surface area contributed by atoms with Gasteiger partial charge in [0.05, 0.1) is 10.7 Å². The third kappa shape index (κ3) is 3.16. The summed E-state index contributed by atoms with van der Waals surface area (Å²) in [6, 6.07) is 10.1. The highest BCUT2D eigenvalue weighted by Gasteiger charge is 2.14. The number of halogens is 1. The van der Waals surface area contributed by atoms with Gasteiger partial charge in [0, 0.05) is 35.1 Å². The Morgan fingerprint density at radius 2 is 1.68 bits per heavy atom. The van der Waals surface area contributed by atoms with Crippen LogP contribution in [0, 0.1) is 12.7 Å². The maximum Gasteiger partial charge on any atom is 0.179 e. The average molecular weight is 348 g/mol. The molecule has 0 unspecified atom stereocenters. The van der Waals surface area contributed by atoms with E-state index in [9.17, 15) is 4.39 Å². The molecule has 6 heteroatoms. The minimum atomic E-state index is -0.273. The number of benzene rings is 1. The molecular weight excluding hydrogens is 335 g/mol. The van der Waals surface area contributed by atoms with Crippen LogP contribution in [0.1, 0.15) is 5.01 Å². The summed E-state index contributed by atoms with van der Waals surface area (Å²) in [6.07, 6.45) is 5.21. The van der Waals surface area contributed by atoms with Crippen molar-refractivity contribution in [1.82, 2.24) is 19.9 Å². The van der Waals surface area contributed by atoms with Crippen LogP contribution in [0.2, 0.25) is 0 Å². The fraction of sp³-hybridized carbons (Fsp3) is 0.0526. The number of aryl methyl sites for hydroxylation is 1. The molecule has 4 nitrogen and oxygen atoms in total. The first kappa shape index (κ1) is 15.5. The molecule has 4 aromatic rings. The number of nitrogens with zero attached hydrogens (tertiary/aromatic N) is 4. The van der Waals surface area contributed by atoms with E-state index in [4.69, 9.17) is 4.98 Å². The topological polar surface area (TPSA) is 51.6 Å². The number of hydrogen-bond acceptors (Lipinski definition) is 5. The van der Waals surface area contributed by atoms with Gasteiger partial charge in [0.1, 0.15) is 11.5 Å². The van der Waals surface area contributed by atoms with Crippen LogP contribution in [0.25, 0.3) is 33.9 Å². The second-order valence-electron chi connectivity index (χ2n) is 5.45. The van der Waals surface area contributed by atoms with Crippen molar-refractivity contribution in [2.45, 2.75) is 6.92 Å². The van der Waals surface area contributed by atoms with Gasteiger partial charge in [-0.2, -0.15) is 0 Å². The Morgan fingerprint density at radius 1 is 0.920 bits per heavy atom. The number of hydrogen-bond donors (Lipinski definition) is 0. The van der Waals surface area contributed by atoms with E-state index in [1.165, 1.54) is 12.1 Å². The van der Waals surface area contributed by atoms with Crippen molar-refractivity contribution in [3.05, 3.63) is 71.2 Å². The van der Waals surface area contributed by atoms with Crippen molar-refractivity contribution in [2.75, 3.05) is 0 Å². The molecule has 0 amide bonds. The van der Waals surface area contributed by atoms with Gasteiger partial charge in [-0.15, -0.1) is 11.3 Å². The lowest BCUT2D eigenvalue weighted by atomic mass is 10.0. The van der Waals surface area contributed by atoms with Gasteiger partial charge in [-0.3, -0.25) is 4.98 Å². The summed E-state index contributed by atoms with van der Waals surface area (Å²) >= 11 is 1.56. The highest BCUT2D eigenvalue weighted by molar-refractivity contribution is 7.09. The van der Waals surface area contributed by atoms with Gasteiger partial charge in [0.15, 0.2) is 5.82 Å². The van der Waals surface area contributed by atoms with Crippen molar-refractivity contribution in [3.63, 3.8) is 0 Å². The lowest BCUT2D eigenvalue weighted by molar-refractivity contribution is 0.628. The highest BCUT2D eigenvalue weighted by Crippen LogP contribution is 2.31. The lowest BCUT2D eigenvalue weighted by Crippen LogP contribution is -1.96. The Bertz CT molecular complexity index is 1010. The summed E-state index contributed by atoms with van der Waals surface area (Å²) in [5.41, 5.74) is 4.13. The molecule has 0 spiro atoms. The summed E-state index contributed by atoms with van der Waals surface area (Å²) in [4.78, 5) is 17.7. The molecule has 3 aromatic heterocycles. The second kappa shape index (κ2) is 6.49. The Kier molecular flexibility index (Phi) is 4.03. The zero-order valence-electron chi connectivity index (χ0n) is 13.3. The van der Waals surface area contributed by atoms with Crippen LogP contribution in [0.4, 0.5) is 4.39 Å². The van der Waals surface area contributed by atoms with Crippen molar-refractivity contribution in [2.24, 2.45) is 0 Å². The number of pyridine rings is 1. The molecule has 0 fully saturated rings. The van der Waals surface area contributed by atoms with E-state index in [-0.39, 0.29) is 5.82 Å². The fourth-order valence-corrected chi connectivity index (χ4v) is 3.13. The number of thiazole rings is 1. The van der Waals surface area contributed by atoms with Crippen LogP contribution in [-0.2, 0) is 0 Å². The van der Waals surface area contributed by atoms with E-state index in [2.05, 4.69) is 15.0 Å². The molecule has 0 atom stereocenters. The zero-order chi connectivity index (χ0) is 17.2. The van der Waals surface area contributed by atoms with Crippen molar-refractivity contribution in [3.8, 4) is 33.9 Å². The maximum atomic E-state index is 13.3. The molecule has 0 radical (unpaired) electrons. The predicted molar refractivity (Wildman–Crippen MR) is 96.5 cm³/mol. The van der Waals surface area contributed by atoms with Gasteiger partial charge in [-0.1, -0.05) is 12.1 Å². The molecule has 25 heavy (non-hydrogen) atoms. The zero-order valence-corrected chi connectivity index (χ0v) is 14.2. The van der Waals surface area contributed by atoms with E-state index >= 15 is 0 Å². The van der Waals surface area contributed by atoms with Gasteiger partial charge < -0.3 is 0 Å². The van der Waals surface area contributed by atoms with Crippen LogP contribution in [0.3, 0.4) is 0 Å². The van der Waals surface area contributed by atoms with Crippen LogP contribution in [0.5, 0.6) is 0 Å². The van der Waals surface area contributed by atoms with E-state index in [1.54, 1.807) is 42.1 Å². The highest BCUT2D eigenvalue weighted by atomic mass is 32.1. The third-order valence-electron chi connectivity index (χ3n) is 3.75. The Balaban J connectivity index is 1.90. The van der Waals surface area contributed by atoms with Gasteiger partial charge in [-0.25, -0.2) is 19.3 Å². The first-order chi connectivity index (χ1) is 12.2. The molecule has 0 aliphatic carbocycles. The lowest BCUT2D eigenvalue weighted by Gasteiger charge is -2.10. The van der Waals surface area contributed by atoms with Crippen LogP contribution >= 0.6 is 11.3 Å². The molecule has 0 N–H and O–H groups in total. The molecule has 4 rings (SSSR count). The van der Waals surface area contributed by atoms with Gasteiger partial charge in [-0.05, 0) is 36.8 Å². The first-order valence-corrected chi connectivity index (χ1v) is 8.54. The van der Waals surface area contributed by atoms with Gasteiger partial charge in [0.2, 0.25) is 0 Å². The molecule has 3 heterocycles. The monoisotopic (exact) mass is 348 g/mol. The van der Waals surface area contributed by atoms with Crippen molar-refractivity contribution in [1.29, 1.82) is 0 Å². The molecular formula is C19H13FN4S. The summed E-state index contributed by atoms with van der Waals surface area (Å²) in [5.74, 6) is 0.298. The smallest absolute Gasteiger partial charge is 0.179 e. The second-order valence-corrected chi connectivity index (χ2v) is 6.51. The Labute approximate surface area is 148 Å². The number of aromatic nitrogens is 4. The minimum absolute atomic E-state index is 0.273. The van der Waals surface area contributed by atoms with Crippen molar-refractivity contribution < 1.29 is 4.39 Å².